The van der Waals surface area contributed by atoms with Crippen molar-refractivity contribution in [1.29, 1.82) is 0 Å². The molecule has 1 atom stereocenters. The summed E-state index contributed by atoms with van der Waals surface area (Å²) in [6.07, 6.45) is 2.76. The van der Waals surface area contributed by atoms with Crippen LogP contribution in [0.3, 0.4) is 0 Å². The zero-order chi connectivity index (χ0) is 12.3. The number of imidazole rings is 1. The lowest BCUT2D eigenvalue weighted by atomic mass is 10.0. The van der Waals surface area contributed by atoms with Crippen LogP contribution in [0.5, 0.6) is 0 Å². The molecule has 0 amide bonds. The number of H-pyrrole nitrogens is 1. The Bertz CT molecular complexity index is 485. The van der Waals surface area contributed by atoms with Gasteiger partial charge in [-0.05, 0) is 11.6 Å². The lowest BCUT2D eigenvalue weighted by Gasteiger charge is -2.09. The number of nitrogens with one attached hydrogen (secondary N) is 1. The topological polar surface area (TPSA) is 48.9 Å². The fourth-order valence-corrected chi connectivity index (χ4v) is 1.66. The summed E-state index contributed by atoms with van der Waals surface area (Å²) in [6.45, 7) is 0. The van der Waals surface area contributed by atoms with E-state index < -0.39 is 17.7 Å². The second-order valence-corrected chi connectivity index (χ2v) is 3.81. The Morgan fingerprint density at radius 1 is 1.29 bits per heavy atom. The summed E-state index contributed by atoms with van der Waals surface area (Å²) in [5.41, 5.74) is 0.170. The van der Waals surface area contributed by atoms with Crippen molar-refractivity contribution in [3.8, 4) is 0 Å². The van der Waals surface area contributed by atoms with Gasteiger partial charge in [-0.15, -0.1) is 0 Å². The van der Waals surface area contributed by atoms with Gasteiger partial charge in [-0.25, -0.2) is 13.8 Å². The molecule has 1 unspecified atom stereocenters. The van der Waals surface area contributed by atoms with Crippen molar-refractivity contribution in [2.75, 3.05) is 0 Å². The molecule has 2 aromatic rings. The number of hydrogen-bond acceptors (Lipinski definition) is 2. The molecular formula is C12H12F2N2O. The van der Waals surface area contributed by atoms with Crippen LogP contribution < -0.4 is 0 Å². The van der Waals surface area contributed by atoms with E-state index in [0.717, 1.165) is 6.07 Å². The summed E-state index contributed by atoms with van der Waals surface area (Å²) in [5.74, 6) is -1.17. The number of rotatable bonds is 4. The van der Waals surface area contributed by atoms with Crippen molar-refractivity contribution in [2.45, 2.75) is 18.9 Å². The fraction of sp³-hybridized carbons (Fsp3) is 0.250. The van der Waals surface area contributed by atoms with Gasteiger partial charge >= 0.3 is 0 Å². The lowest BCUT2D eigenvalue weighted by Crippen LogP contribution is -2.16. The number of hydrogen-bond donors (Lipinski definition) is 2. The Kier molecular flexibility index (Phi) is 3.49. The molecule has 0 saturated carbocycles. The molecule has 0 bridgehead atoms. The van der Waals surface area contributed by atoms with E-state index in [2.05, 4.69) is 9.97 Å². The largest absolute Gasteiger partial charge is 0.392 e. The third kappa shape index (κ3) is 2.88. The molecule has 3 nitrogen and oxygen atoms in total. The number of nitrogens with zero attached hydrogens (tertiary/aromatic N) is 1. The molecule has 5 heteroatoms. The minimum absolute atomic E-state index is 0.0598. The Hall–Kier alpha value is -1.75. The van der Waals surface area contributed by atoms with Gasteiger partial charge in [0.15, 0.2) is 11.6 Å². The Labute approximate surface area is 97.1 Å². The lowest BCUT2D eigenvalue weighted by molar-refractivity contribution is 0.171. The van der Waals surface area contributed by atoms with E-state index in [4.69, 9.17) is 0 Å². The summed E-state index contributed by atoms with van der Waals surface area (Å²) in [5, 5.41) is 9.74. The first-order valence-electron chi connectivity index (χ1n) is 5.26. The summed E-state index contributed by atoms with van der Waals surface area (Å²) in [6, 6.07) is 3.94. The first-order chi connectivity index (χ1) is 8.16. The second-order valence-electron chi connectivity index (χ2n) is 3.81. The van der Waals surface area contributed by atoms with Crippen LogP contribution in [0.4, 0.5) is 8.78 Å². The van der Waals surface area contributed by atoms with Crippen LogP contribution in [0.25, 0.3) is 0 Å². The number of aliphatic hydroxyl groups excluding tert-OH is 1. The Morgan fingerprint density at radius 2 is 2.12 bits per heavy atom. The maximum atomic E-state index is 13.3. The van der Waals surface area contributed by atoms with Gasteiger partial charge in [0, 0.05) is 25.2 Å². The molecule has 1 aromatic carbocycles. The van der Waals surface area contributed by atoms with Crippen LogP contribution in [0.2, 0.25) is 0 Å². The molecule has 0 aliphatic rings. The van der Waals surface area contributed by atoms with Crippen molar-refractivity contribution in [3.63, 3.8) is 0 Å². The zero-order valence-corrected chi connectivity index (χ0v) is 9.03. The maximum absolute atomic E-state index is 13.3. The summed E-state index contributed by atoms with van der Waals surface area (Å²) >= 11 is 0. The van der Waals surface area contributed by atoms with Crippen LogP contribution in [0, 0.1) is 11.6 Å². The van der Waals surface area contributed by atoms with Gasteiger partial charge in [-0.3, -0.25) is 0 Å². The van der Waals surface area contributed by atoms with Crippen molar-refractivity contribution < 1.29 is 13.9 Å². The van der Waals surface area contributed by atoms with Gasteiger partial charge in [-0.1, -0.05) is 12.1 Å². The standard InChI is InChI=1S/C12H12F2N2O/c13-10-3-1-2-8(12(10)14)6-9(17)7-11-15-4-5-16-11/h1-5,9,17H,6-7H2,(H,15,16). The van der Waals surface area contributed by atoms with Gasteiger partial charge in [0.1, 0.15) is 5.82 Å². The highest BCUT2D eigenvalue weighted by Gasteiger charge is 2.13. The number of halogens is 2. The third-order valence-corrected chi connectivity index (χ3v) is 2.47. The average Bonchev–Trinajstić information content (AvgIpc) is 2.77. The van der Waals surface area contributed by atoms with Gasteiger partial charge < -0.3 is 10.1 Å². The van der Waals surface area contributed by atoms with E-state index in [1.165, 1.54) is 12.1 Å². The first kappa shape index (κ1) is 11.7. The molecule has 1 heterocycles. The molecule has 0 radical (unpaired) electrons. The minimum atomic E-state index is -0.897. The molecule has 0 fully saturated rings. The molecule has 90 valence electrons. The quantitative estimate of drug-likeness (QED) is 0.853. The predicted octanol–water partition coefficient (Wildman–Crippen LogP) is 1.83. The predicted molar refractivity (Wildman–Crippen MR) is 58.4 cm³/mol. The smallest absolute Gasteiger partial charge is 0.162 e. The van der Waals surface area contributed by atoms with Crippen molar-refractivity contribution in [2.24, 2.45) is 0 Å². The Morgan fingerprint density at radius 3 is 2.82 bits per heavy atom. The van der Waals surface area contributed by atoms with E-state index in [-0.39, 0.29) is 18.4 Å². The summed E-state index contributed by atoms with van der Waals surface area (Å²) < 4.78 is 26.3. The van der Waals surface area contributed by atoms with Gasteiger partial charge in [-0.2, -0.15) is 0 Å². The summed E-state index contributed by atoms with van der Waals surface area (Å²) in [4.78, 5) is 6.80. The normalized spacial score (nSPS) is 12.6. The van der Waals surface area contributed by atoms with Gasteiger partial charge in [0.2, 0.25) is 0 Å². The van der Waals surface area contributed by atoms with Gasteiger partial charge in [0.05, 0.1) is 6.10 Å². The van der Waals surface area contributed by atoms with Crippen LogP contribution in [0.15, 0.2) is 30.6 Å². The number of benzene rings is 1. The zero-order valence-electron chi connectivity index (χ0n) is 9.03. The van der Waals surface area contributed by atoms with Crippen molar-refractivity contribution in [3.05, 3.63) is 53.6 Å². The molecule has 17 heavy (non-hydrogen) atoms. The molecule has 0 saturated heterocycles. The van der Waals surface area contributed by atoms with Crippen LogP contribution in [-0.4, -0.2) is 21.2 Å². The second kappa shape index (κ2) is 5.05. The summed E-state index contributed by atoms with van der Waals surface area (Å²) in [7, 11) is 0. The third-order valence-electron chi connectivity index (χ3n) is 2.47. The molecule has 2 rings (SSSR count). The average molecular weight is 238 g/mol. The van der Waals surface area contributed by atoms with Crippen molar-refractivity contribution in [1.82, 2.24) is 9.97 Å². The molecule has 0 aliphatic heterocycles. The fourth-order valence-electron chi connectivity index (χ4n) is 1.66. The molecule has 1 aromatic heterocycles. The van der Waals surface area contributed by atoms with E-state index in [9.17, 15) is 13.9 Å². The van der Waals surface area contributed by atoms with Crippen LogP contribution in [-0.2, 0) is 12.8 Å². The van der Waals surface area contributed by atoms with E-state index >= 15 is 0 Å². The highest BCUT2D eigenvalue weighted by Crippen LogP contribution is 2.14. The van der Waals surface area contributed by atoms with E-state index in [1.54, 1.807) is 12.4 Å². The SMILES string of the molecule is OC(Cc1ncc[nH]1)Cc1cccc(F)c1F. The number of aromatic nitrogens is 2. The molecule has 2 N–H and O–H groups in total. The number of aliphatic hydroxyl groups is 1. The van der Waals surface area contributed by atoms with Crippen LogP contribution >= 0.6 is 0 Å². The minimum Gasteiger partial charge on any atom is -0.392 e. The molecular weight excluding hydrogens is 226 g/mol. The van der Waals surface area contributed by atoms with Gasteiger partial charge in [0.25, 0.3) is 0 Å². The van der Waals surface area contributed by atoms with E-state index in [0.29, 0.717) is 5.82 Å². The molecule has 0 spiro atoms. The maximum Gasteiger partial charge on any atom is 0.162 e. The first-order valence-corrected chi connectivity index (χ1v) is 5.26. The molecule has 0 aliphatic carbocycles. The van der Waals surface area contributed by atoms with Crippen molar-refractivity contribution >= 4 is 0 Å². The highest BCUT2D eigenvalue weighted by atomic mass is 19.2. The monoisotopic (exact) mass is 238 g/mol. The van der Waals surface area contributed by atoms with E-state index in [1.807, 2.05) is 0 Å². The van der Waals surface area contributed by atoms with Crippen LogP contribution in [0.1, 0.15) is 11.4 Å². The number of aromatic amines is 1. The Balaban J connectivity index is 2.03. The highest BCUT2D eigenvalue weighted by molar-refractivity contribution is 5.19.